The van der Waals surface area contributed by atoms with E-state index in [1.165, 1.54) is 47.8 Å². The summed E-state index contributed by atoms with van der Waals surface area (Å²) >= 11 is 0. The molecule has 2 aromatic rings. The Morgan fingerprint density at radius 2 is 1.77 bits per heavy atom. The molecule has 0 atom stereocenters. The lowest BCUT2D eigenvalue weighted by molar-refractivity contribution is -0.112. The molecule has 5 rings (SSSR count). The number of aryl methyl sites for hydroxylation is 1. The predicted molar refractivity (Wildman–Crippen MR) is 138 cm³/mol. The monoisotopic (exact) mass is 497 g/mol. The standard InChI is InChI=1S/C27H35N3O4S/c1-4-29-26-11-10-23(35(32,33)28-12-14-34-15-13-28)18-24(26)25(27(29)31)17-21-16-19(2)30(20(21)3)22-8-6-5-7-9-22/h10-11,16-18,22H,4-9,12-15H2,1-3H3/b25-17-. The molecule has 0 radical (unpaired) electrons. The fourth-order valence-electron chi connectivity index (χ4n) is 5.89. The Labute approximate surface area is 208 Å². The minimum Gasteiger partial charge on any atom is -0.379 e. The molecule has 8 heteroatoms. The Morgan fingerprint density at radius 1 is 1.06 bits per heavy atom. The van der Waals surface area contributed by atoms with E-state index in [4.69, 9.17) is 4.74 Å². The molecule has 2 fully saturated rings. The Hall–Kier alpha value is -2.42. The first kappa shape index (κ1) is 24.3. The second-order valence-corrected chi connectivity index (χ2v) is 11.7. The molecule has 3 heterocycles. The number of fused-ring (bicyclic) bond motifs is 1. The van der Waals surface area contributed by atoms with Crippen molar-refractivity contribution in [2.45, 2.75) is 63.8 Å². The van der Waals surface area contributed by atoms with Crippen molar-refractivity contribution < 1.29 is 17.9 Å². The van der Waals surface area contributed by atoms with Crippen molar-refractivity contribution in [2.75, 3.05) is 37.7 Å². The summed E-state index contributed by atoms with van der Waals surface area (Å²) in [6.07, 6.45) is 8.18. The molecule has 7 nitrogen and oxygen atoms in total. The molecule has 2 aliphatic heterocycles. The van der Waals surface area contributed by atoms with Gasteiger partial charge in [-0.05, 0) is 69.5 Å². The highest BCUT2D eigenvalue weighted by Gasteiger charge is 2.34. The van der Waals surface area contributed by atoms with Crippen molar-refractivity contribution in [3.8, 4) is 0 Å². The molecular weight excluding hydrogens is 462 g/mol. The first-order chi connectivity index (χ1) is 16.8. The minimum atomic E-state index is -3.65. The van der Waals surface area contributed by atoms with Crippen LogP contribution in [-0.2, 0) is 19.6 Å². The highest BCUT2D eigenvalue weighted by Crippen LogP contribution is 2.40. The Kier molecular flexibility index (Phi) is 6.63. The number of hydrogen-bond donors (Lipinski definition) is 0. The number of carbonyl (C=O) groups is 1. The summed E-state index contributed by atoms with van der Waals surface area (Å²) < 4.78 is 35.8. The number of anilines is 1. The number of sulfonamides is 1. The first-order valence-electron chi connectivity index (χ1n) is 12.8. The Morgan fingerprint density at radius 3 is 2.46 bits per heavy atom. The van der Waals surface area contributed by atoms with E-state index in [0.29, 0.717) is 50.0 Å². The van der Waals surface area contributed by atoms with Gasteiger partial charge in [0.15, 0.2) is 0 Å². The van der Waals surface area contributed by atoms with Gasteiger partial charge in [-0.25, -0.2) is 8.42 Å². The van der Waals surface area contributed by atoms with Gasteiger partial charge in [-0.1, -0.05) is 19.3 Å². The average Bonchev–Trinajstić information content (AvgIpc) is 3.31. The number of amides is 1. The van der Waals surface area contributed by atoms with Crippen LogP contribution < -0.4 is 4.90 Å². The molecule has 3 aliphatic rings. The average molecular weight is 498 g/mol. The van der Waals surface area contributed by atoms with Gasteiger partial charge in [-0.3, -0.25) is 4.79 Å². The third kappa shape index (κ3) is 4.26. The normalized spacial score (nSPS) is 21.2. The maximum Gasteiger partial charge on any atom is 0.258 e. The molecule has 188 valence electrons. The molecule has 1 saturated carbocycles. The predicted octanol–water partition coefficient (Wildman–Crippen LogP) is 4.54. The third-order valence-electron chi connectivity index (χ3n) is 7.71. The van der Waals surface area contributed by atoms with E-state index in [0.717, 1.165) is 11.3 Å². The van der Waals surface area contributed by atoms with Crippen LogP contribution in [0, 0.1) is 13.8 Å². The van der Waals surface area contributed by atoms with Crippen molar-refractivity contribution in [1.82, 2.24) is 8.87 Å². The number of morpholine rings is 1. The van der Waals surface area contributed by atoms with Crippen LogP contribution in [0.3, 0.4) is 0 Å². The number of ether oxygens (including phenoxy) is 1. The zero-order chi connectivity index (χ0) is 24.7. The minimum absolute atomic E-state index is 0.0779. The fourth-order valence-corrected chi connectivity index (χ4v) is 7.33. The second-order valence-electron chi connectivity index (χ2n) is 9.79. The highest BCUT2D eigenvalue weighted by atomic mass is 32.2. The number of benzene rings is 1. The van der Waals surface area contributed by atoms with Crippen LogP contribution in [0.1, 0.15) is 67.6 Å². The molecule has 1 amide bonds. The smallest absolute Gasteiger partial charge is 0.258 e. The largest absolute Gasteiger partial charge is 0.379 e. The lowest BCUT2D eigenvalue weighted by Crippen LogP contribution is -2.40. The lowest BCUT2D eigenvalue weighted by Gasteiger charge is -2.26. The van der Waals surface area contributed by atoms with Crippen LogP contribution >= 0.6 is 0 Å². The summed E-state index contributed by atoms with van der Waals surface area (Å²) in [5.74, 6) is -0.0779. The number of aromatic nitrogens is 1. The second kappa shape index (κ2) is 9.56. The summed E-state index contributed by atoms with van der Waals surface area (Å²) in [4.78, 5) is 15.4. The van der Waals surface area contributed by atoms with Gasteiger partial charge >= 0.3 is 0 Å². The zero-order valence-electron chi connectivity index (χ0n) is 20.9. The molecule has 1 aliphatic carbocycles. The van der Waals surface area contributed by atoms with Crippen LogP contribution in [0.4, 0.5) is 5.69 Å². The summed E-state index contributed by atoms with van der Waals surface area (Å²) in [7, 11) is -3.65. The number of nitrogens with zero attached hydrogens (tertiary/aromatic N) is 3. The van der Waals surface area contributed by atoms with E-state index in [9.17, 15) is 13.2 Å². The van der Waals surface area contributed by atoms with Crippen LogP contribution in [0.2, 0.25) is 0 Å². The van der Waals surface area contributed by atoms with Gasteiger partial charge < -0.3 is 14.2 Å². The molecule has 0 spiro atoms. The van der Waals surface area contributed by atoms with Gasteiger partial charge in [0, 0.05) is 48.2 Å². The van der Waals surface area contributed by atoms with Gasteiger partial charge in [0.2, 0.25) is 10.0 Å². The molecule has 0 bridgehead atoms. The van der Waals surface area contributed by atoms with Crippen LogP contribution in [0.5, 0.6) is 0 Å². The zero-order valence-corrected chi connectivity index (χ0v) is 21.7. The molecule has 1 saturated heterocycles. The van der Waals surface area contributed by atoms with Crippen LogP contribution in [0.15, 0.2) is 29.2 Å². The summed E-state index contributed by atoms with van der Waals surface area (Å²) in [5, 5.41) is 0. The van der Waals surface area contributed by atoms with E-state index in [2.05, 4.69) is 24.5 Å². The number of likely N-dealkylation sites (N-methyl/N-ethyl adjacent to an activating group) is 1. The topological polar surface area (TPSA) is 71.9 Å². The van der Waals surface area contributed by atoms with Gasteiger partial charge in [0.1, 0.15) is 0 Å². The van der Waals surface area contributed by atoms with Crippen molar-refractivity contribution in [3.63, 3.8) is 0 Å². The van der Waals surface area contributed by atoms with Crippen molar-refractivity contribution in [1.29, 1.82) is 0 Å². The fraction of sp³-hybridized carbons (Fsp3) is 0.519. The number of carbonyl (C=O) groups excluding carboxylic acids is 1. The van der Waals surface area contributed by atoms with E-state index in [-0.39, 0.29) is 10.8 Å². The Balaban J connectivity index is 1.56. The number of hydrogen-bond acceptors (Lipinski definition) is 4. The van der Waals surface area contributed by atoms with Gasteiger partial charge in [0.25, 0.3) is 5.91 Å². The molecule has 1 aromatic heterocycles. The van der Waals surface area contributed by atoms with E-state index in [1.807, 2.05) is 13.0 Å². The lowest BCUT2D eigenvalue weighted by atomic mass is 9.95. The SMILES string of the molecule is CCN1C(=O)/C(=C\c2cc(C)n(C3CCCCC3)c2C)c2cc(S(=O)(=O)N3CCOCC3)ccc21. The molecule has 1 aromatic carbocycles. The van der Waals surface area contributed by atoms with Crippen molar-refractivity contribution in [3.05, 3.63) is 46.8 Å². The quantitative estimate of drug-likeness (QED) is 0.569. The Bertz CT molecular complexity index is 1270. The number of rotatable bonds is 5. The summed E-state index contributed by atoms with van der Waals surface area (Å²) in [6, 6.07) is 7.75. The molecule has 0 N–H and O–H groups in total. The maximum atomic E-state index is 13.4. The van der Waals surface area contributed by atoms with Gasteiger partial charge in [-0.2, -0.15) is 4.31 Å². The highest BCUT2D eigenvalue weighted by molar-refractivity contribution is 7.89. The van der Waals surface area contributed by atoms with Gasteiger partial charge in [0.05, 0.1) is 23.8 Å². The first-order valence-corrected chi connectivity index (χ1v) is 14.2. The van der Waals surface area contributed by atoms with E-state index in [1.54, 1.807) is 23.1 Å². The molecule has 35 heavy (non-hydrogen) atoms. The molecular formula is C27H35N3O4S. The van der Waals surface area contributed by atoms with Crippen molar-refractivity contribution >= 4 is 33.3 Å². The van der Waals surface area contributed by atoms with Crippen molar-refractivity contribution in [2.24, 2.45) is 0 Å². The molecule has 0 unspecified atom stereocenters. The third-order valence-corrected chi connectivity index (χ3v) is 9.61. The summed E-state index contributed by atoms with van der Waals surface area (Å²) in [6.45, 7) is 8.22. The van der Waals surface area contributed by atoms with Crippen LogP contribution in [0.25, 0.3) is 11.6 Å². The van der Waals surface area contributed by atoms with E-state index >= 15 is 0 Å². The summed E-state index contributed by atoms with van der Waals surface area (Å²) in [5.41, 5.74) is 5.43. The van der Waals surface area contributed by atoms with E-state index < -0.39 is 10.0 Å². The van der Waals surface area contributed by atoms with Crippen LogP contribution in [-0.4, -0.2) is 56.0 Å². The maximum absolute atomic E-state index is 13.4. The van der Waals surface area contributed by atoms with Gasteiger partial charge in [-0.15, -0.1) is 0 Å².